The molecule has 2 amide bonds. The molecule has 0 bridgehead atoms. The first kappa shape index (κ1) is 16.8. The van der Waals surface area contributed by atoms with Gasteiger partial charge in [0, 0.05) is 25.0 Å². The van der Waals surface area contributed by atoms with E-state index in [4.69, 9.17) is 0 Å². The Hall–Kier alpha value is -2.04. The third-order valence-corrected chi connectivity index (χ3v) is 4.56. The van der Waals surface area contributed by atoms with Gasteiger partial charge in [0.1, 0.15) is 5.65 Å². The van der Waals surface area contributed by atoms with Crippen molar-refractivity contribution in [3.63, 3.8) is 0 Å². The van der Waals surface area contributed by atoms with Gasteiger partial charge in [-0.05, 0) is 43.2 Å². The van der Waals surface area contributed by atoms with E-state index < -0.39 is 0 Å². The van der Waals surface area contributed by atoms with E-state index in [0.717, 1.165) is 37.1 Å². The second-order valence-corrected chi connectivity index (χ2v) is 8.12. The summed E-state index contributed by atoms with van der Waals surface area (Å²) < 4.78 is 2.01. The molecule has 24 heavy (non-hydrogen) atoms. The van der Waals surface area contributed by atoms with Crippen molar-refractivity contribution in [2.45, 2.75) is 59.5 Å². The Bertz CT molecular complexity index is 729. The molecule has 2 aromatic rings. The third kappa shape index (κ3) is 3.89. The Balaban J connectivity index is 1.61. The van der Waals surface area contributed by atoms with E-state index in [1.807, 2.05) is 33.8 Å². The van der Waals surface area contributed by atoms with Crippen molar-refractivity contribution < 1.29 is 4.79 Å². The van der Waals surface area contributed by atoms with Crippen molar-refractivity contribution in [3.8, 4) is 0 Å². The number of aromatic nitrogens is 2. The van der Waals surface area contributed by atoms with Gasteiger partial charge in [0.05, 0.1) is 12.2 Å². The second kappa shape index (κ2) is 6.46. The summed E-state index contributed by atoms with van der Waals surface area (Å²) in [5.41, 5.74) is 3.24. The largest absolute Gasteiger partial charge is 0.332 e. The van der Waals surface area contributed by atoms with Crippen LogP contribution in [0.1, 0.15) is 51.3 Å². The lowest BCUT2D eigenvalue weighted by Crippen LogP contribution is -2.43. The highest BCUT2D eigenvalue weighted by atomic mass is 16.2. The van der Waals surface area contributed by atoms with Gasteiger partial charge >= 0.3 is 6.03 Å². The first-order valence-electron chi connectivity index (χ1n) is 8.80. The maximum atomic E-state index is 12.6. The molecule has 1 aliphatic rings. The summed E-state index contributed by atoms with van der Waals surface area (Å²) >= 11 is 0. The molecule has 2 aromatic heterocycles. The summed E-state index contributed by atoms with van der Waals surface area (Å²) in [7, 11) is 0. The normalized spacial score (nSPS) is 18.3. The smallest absolute Gasteiger partial charge is 0.317 e. The highest BCUT2D eigenvalue weighted by molar-refractivity contribution is 5.74. The van der Waals surface area contributed by atoms with Crippen LogP contribution in [0.4, 0.5) is 4.79 Å². The number of pyridine rings is 1. The molecular weight excluding hydrogens is 300 g/mol. The number of carbonyl (C=O) groups is 1. The molecule has 0 aliphatic carbocycles. The summed E-state index contributed by atoms with van der Waals surface area (Å²) in [4.78, 5) is 19.1. The van der Waals surface area contributed by atoms with Crippen LogP contribution in [0.5, 0.6) is 0 Å². The average molecular weight is 328 g/mol. The van der Waals surface area contributed by atoms with E-state index in [9.17, 15) is 4.79 Å². The van der Waals surface area contributed by atoms with Crippen molar-refractivity contribution >= 4 is 11.7 Å². The number of rotatable bonds is 3. The van der Waals surface area contributed by atoms with E-state index in [0.29, 0.717) is 12.6 Å². The van der Waals surface area contributed by atoms with Gasteiger partial charge in [-0.1, -0.05) is 26.8 Å². The molecule has 0 aromatic carbocycles. The molecule has 3 heterocycles. The summed E-state index contributed by atoms with van der Waals surface area (Å²) in [6.07, 6.45) is 7.29. The molecule has 0 spiro atoms. The molecule has 0 unspecified atom stereocenters. The van der Waals surface area contributed by atoms with Crippen molar-refractivity contribution in [3.05, 3.63) is 35.8 Å². The van der Waals surface area contributed by atoms with Crippen LogP contribution in [0.15, 0.2) is 24.5 Å². The summed E-state index contributed by atoms with van der Waals surface area (Å²) in [5, 5.41) is 3.04. The topological polar surface area (TPSA) is 49.6 Å². The summed E-state index contributed by atoms with van der Waals surface area (Å²) in [6.45, 7) is 10.1. The molecule has 0 radical (unpaired) electrons. The molecule has 1 aliphatic heterocycles. The van der Waals surface area contributed by atoms with Crippen molar-refractivity contribution in [1.29, 1.82) is 0 Å². The van der Waals surface area contributed by atoms with Gasteiger partial charge in [-0.15, -0.1) is 0 Å². The van der Waals surface area contributed by atoms with E-state index in [1.165, 1.54) is 5.56 Å². The zero-order valence-corrected chi connectivity index (χ0v) is 15.2. The predicted molar refractivity (Wildman–Crippen MR) is 96.0 cm³/mol. The van der Waals surface area contributed by atoms with Crippen molar-refractivity contribution in [2.75, 3.05) is 6.54 Å². The molecule has 1 saturated heterocycles. The maximum absolute atomic E-state index is 12.6. The fourth-order valence-corrected chi connectivity index (χ4v) is 3.53. The Kier molecular flexibility index (Phi) is 4.52. The van der Waals surface area contributed by atoms with Crippen molar-refractivity contribution in [2.24, 2.45) is 5.41 Å². The Labute approximate surface area is 144 Å². The SMILES string of the molecule is Cc1ccc2nc(CNC(=O)N3CCC[C@H]3CC(C)(C)C)cn2c1. The van der Waals surface area contributed by atoms with E-state index in [1.54, 1.807) is 0 Å². The summed E-state index contributed by atoms with van der Waals surface area (Å²) in [5.74, 6) is 0. The lowest BCUT2D eigenvalue weighted by molar-refractivity contribution is 0.174. The third-order valence-electron chi connectivity index (χ3n) is 4.56. The number of imidazole rings is 1. The number of nitrogens with one attached hydrogen (secondary N) is 1. The fraction of sp³-hybridized carbons (Fsp3) is 0.579. The van der Waals surface area contributed by atoms with Crippen LogP contribution >= 0.6 is 0 Å². The molecule has 5 nitrogen and oxygen atoms in total. The molecule has 0 saturated carbocycles. The van der Waals surface area contributed by atoms with Crippen LogP contribution in [-0.2, 0) is 6.54 Å². The molecule has 3 rings (SSSR count). The average Bonchev–Trinajstić information content (AvgIpc) is 3.08. The number of hydrogen-bond donors (Lipinski definition) is 1. The van der Waals surface area contributed by atoms with E-state index >= 15 is 0 Å². The molecule has 1 fully saturated rings. The number of hydrogen-bond acceptors (Lipinski definition) is 2. The van der Waals surface area contributed by atoms with E-state index in [-0.39, 0.29) is 11.4 Å². The monoisotopic (exact) mass is 328 g/mol. The van der Waals surface area contributed by atoms with Gasteiger partial charge in [0.15, 0.2) is 0 Å². The minimum atomic E-state index is 0.0370. The van der Waals surface area contributed by atoms with Crippen LogP contribution in [0.3, 0.4) is 0 Å². The highest BCUT2D eigenvalue weighted by Gasteiger charge is 2.31. The molecule has 1 N–H and O–H groups in total. The molecule has 1 atom stereocenters. The van der Waals surface area contributed by atoms with Gasteiger partial charge in [0.25, 0.3) is 0 Å². The second-order valence-electron chi connectivity index (χ2n) is 8.12. The highest BCUT2D eigenvalue weighted by Crippen LogP contribution is 2.29. The molecule has 5 heteroatoms. The zero-order chi connectivity index (χ0) is 17.3. The number of carbonyl (C=O) groups excluding carboxylic acids is 1. The quantitative estimate of drug-likeness (QED) is 0.933. The van der Waals surface area contributed by atoms with Gasteiger partial charge in [-0.3, -0.25) is 0 Å². The number of aryl methyl sites for hydroxylation is 1. The van der Waals surface area contributed by atoms with Gasteiger partial charge in [0.2, 0.25) is 0 Å². The first-order chi connectivity index (χ1) is 11.3. The number of nitrogens with zero attached hydrogens (tertiary/aromatic N) is 3. The Morgan fingerprint density at radius 3 is 2.88 bits per heavy atom. The number of likely N-dealkylation sites (tertiary alicyclic amines) is 1. The number of fused-ring (bicyclic) bond motifs is 1. The fourth-order valence-electron chi connectivity index (χ4n) is 3.53. The minimum Gasteiger partial charge on any atom is -0.332 e. The molecule has 130 valence electrons. The lowest BCUT2D eigenvalue weighted by atomic mass is 9.87. The van der Waals surface area contributed by atoms with Crippen LogP contribution in [0.25, 0.3) is 5.65 Å². The van der Waals surface area contributed by atoms with Crippen LogP contribution < -0.4 is 5.32 Å². The Morgan fingerprint density at radius 1 is 1.33 bits per heavy atom. The van der Waals surface area contributed by atoms with Crippen LogP contribution in [0.2, 0.25) is 0 Å². The maximum Gasteiger partial charge on any atom is 0.317 e. The van der Waals surface area contributed by atoms with E-state index in [2.05, 4.69) is 38.0 Å². The Morgan fingerprint density at radius 2 is 2.12 bits per heavy atom. The first-order valence-corrected chi connectivity index (χ1v) is 8.80. The van der Waals surface area contributed by atoms with Gasteiger partial charge < -0.3 is 14.6 Å². The minimum absolute atomic E-state index is 0.0370. The predicted octanol–water partition coefficient (Wildman–Crippen LogP) is 3.75. The van der Waals surface area contributed by atoms with Gasteiger partial charge in [-0.2, -0.15) is 0 Å². The standard InChI is InChI=1S/C19H28N4O/c1-14-7-8-17-21-15(13-22(17)12-14)11-20-18(24)23-9-5-6-16(23)10-19(2,3)4/h7-8,12-13,16H,5-6,9-11H2,1-4H3,(H,20,24)/t16-/m0/s1. The van der Waals surface area contributed by atoms with Crippen LogP contribution in [-0.4, -0.2) is 32.9 Å². The number of urea groups is 1. The van der Waals surface area contributed by atoms with Gasteiger partial charge in [-0.25, -0.2) is 9.78 Å². The molecular formula is C19H28N4O. The van der Waals surface area contributed by atoms with Crippen molar-refractivity contribution in [1.82, 2.24) is 19.6 Å². The summed E-state index contributed by atoms with van der Waals surface area (Å²) in [6, 6.07) is 4.44. The zero-order valence-electron chi connectivity index (χ0n) is 15.2. The van der Waals surface area contributed by atoms with Crippen LogP contribution in [0, 0.1) is 12.3 Å². The lowest BCUT2D eigenvalue weighted by Gasteiger charge is -2.30. The number of amides is 2.